The van der Waals surface area contributed by atoms with Crippen LogP contribution in [0.3, 0.4) is 0 Å². The Hall–Kier alpha value is -1.87. The van der Waals surface area contributed by atoms with Crippen molar-refractivity contribution in [1.29, 1.82) is 0 Å². The maximum Gasteiger partial charge on any atom is 0.119 e. The van der Waals surface area contributed by atoms with Gasteiger partial charge in [0.1, 0.15) is 5.75 Å². The Kier molecular flexibility index (Phi) is 4.17. The van der Waals surface area contributed by atoms with Crippen LogP contribution in [0.2, 0.25) is 0 Å². The van der Waals surface area contributed by atoms with Gasteiger partial charge in [0.25, 0.3) is 0 Å². The standard InChI is InChI=1S/C16H20N2O/c1-11-7-8-18-10-15(11)16(17-3)14-6-5-13(19-4)9-12(14)2/h5-10,16-17H,1-4H3. The highest BCUT2D eigenvalue weighted by Gasteiger charge is 2.16. The van der Waals surface area contributed by atoms with Gasteiger partial charge < -0.3 is 10.1 Å². The summed E-state index contributed by atoms with van der Waals surface area (Å²) in [5.74, 6) is 0.888. The van der Waals surface area contributed by atoms with Gasteiger partial charge in [-0.1, -0.05) is 6.07 Å². The van der Waals surface area contributed by atoms with E-state index in [4.69, 9.17) is 4.74 Å². The third kappa shape index (κ3) is 2.76. The van der Waals surface area contributed by atoms with Gasteiger partial charge >= 0.3 is 0 Å². The van der Waals surface area contributed by atoms with Crippen molar-refractivity contribution in [3.63, 3.8) is 0 Å². The Morgan fingerprint density at radius 2 is 1.89 bits per heavy atom. The average Bonchev–Trinajstić information content (AvgIpc) is 2.43. The fourth-order valence-corrected chi connectivity index (χ4v) is 2.36. The molecule has 2 rings (SSSR count). The lowest BCUT2D eigenvalue weighted by Crippen LogP contribution is -2.19. The zero-order valence-corrected chi connectivity index (χ0v) is 11.9. The maximum absolute atomic E-state index is 5.26. The lowest BCUT2D eigenvalue weighted by atomic mass is 9.93. The SMILES string of the molecule is CNC(c1ccc(OC)cc1C)c1cnccc1C. The molecular weight excluding hydrogens is 236 g/mol. The number of hydrogen-bond donors (Lipinski definition) is 1. The minimum atomic E-state index is 0.152. The number of nitrogens with one attached hydrogen (secondary N) is 1. The molecular formula is C16H20N2O. The number of aryl methyl sites for hydroxylation is 2. The van der Waals surface area contributed by atoms with E-state index in [0.717, 1.165) is 5.75 Å². The van der Waals surface area contributed by atoms with Gasteiger partial charge in [0.05, 0.1) is 13.2 Å². The van der Waals surface area contributed by atoms with Crippen molar-refractivity contribution < 1.29 is 4.74 Å². The molecule has 0 saturated carbocycles. The molecule has 1 heterocycles. The average molecular weight is 256 g/mol. The molecule has 100 valence electrons. The summed E-state index contributed by atoms with van der Waals surface area (Å²) in [7, 11) is 3.66. The predicted molar refractivity (Wildman–Crippen MR) is 77.6 cm³/mol. The molecule has 0 aliphatic carbocycles. The van der Waals surface area contributed by atoms with Crippen LogP contribution in [0.1, 0.15) is 28.3 Å². The van der Waals surface area contributed by atoms with Crippen molar-refractivity contribution in [3.8, 4) is 5.75 Å². The topological polar surface area (TPSA) is 34.1 Å². The number of nitrogens with zero attached hydrogens (tertiary/aromatic N) is 1. The van der Waals surface area contributed by atoms with E-state index >= 15 is 0 Å². The summed E-state index contributed by atoms with van der Waals surface area (Å²) in [5.41, 5.74) is 4.91. The Morgan fingerprint density at radius 3 is 2.47 bits per heavy atom. The lowest BCUT2D eigenvalue weighted by Gasteiger charge is -2.21. The Balaban J connectivity index is 2.46. The van der Waals surface area contributed by atoms with Gasteiger partial charge in [-0.25, -0.2) is 0 Å². The van der Waals surface area contributed by atoms with Crippen LogP contribution in [-0.2, 0) is 0 Å². The van der Waals surface area contributed by atoms with Gasteiger partial charge in [0.2, 0.25) is 0 Å². The van der Waals surface area contributed by atoms with E-state index < -0.39 is 0 Å². The van der Waals surface area contributed by atoms with Gasteiger partial charge in [0.15, 0.2) is 0 Å². The molecule has 1 aromatic carbocycles. The number of methoxy groups -OCH3 is 1. The molecule has 1 atom stereocenters. The van der Waals surface area contributed by atoms with E-state index in [9.17, 15) is 0 Å². The second-order valence-electron chi connectivity index (χ2n) is 4.68. The van der Waals surface area contributed by atoms with Crippen molar-refractivity contribution in [2.24, 2.45) is 0 Å². The summed E-state index contributed by atoms with van der Waals surface area (Å²) in [5, 5.41) is 3.37. The molecule has 2 aromatic rings. The molecule has 3 nitrogen and oxygen atoms in total. The quantitative estimate of drug-likeness (QED) is 0.913. The van der Waals surface area contributed by atoms with Crippen molar-refractivity contribution in [3.05, 3.63) is 58.9 Å². The first kappa shape index (κ1) is 13.6. The summed E-state index contributed by atoms with van der Waals surface area (Å²) in [6.07, 6.45) is 3.76. The maximum atomic E-state index is 5.26. The van der Waals surface area contributed by atoms with Crippen LogP contribution in [0.4, 0.5) is 0 Å². The summed E-state index contributed by atoms with van der Waals surface area (Å²) in [6, 6.07) is 8.36. The minimum absolute atomic E-state index is 0.152. The van der Waals surface area contributed by atoms with E-state index in [1.165, 1.54) is 22.3 Å². The number of rotatable bonds is 4. The second-order valence-corrected chi connectivity index (χ2v) is 4.68. The molecule has 0 aliphatic heterocycles. The van der Waals surface area contributed by atoms with Crippen LogP contribution in [0.15, 0.2) is 36.7 Å². The normalized spacial score (nSPS) is 12.2. The van der Waals surface area contributed by atoms with Crippen LogP contribution >= 0.6 is 0 Å². The van der Waals surface area contributed by atoms with Gasteiger partial charge in [-0.05, 0) is 61.3 Å². The zero-order valence-electron chi connectivity index (χ0n) is 11.9. The Morgan fingerprint density at radius 1 is 1.11 bits per heavy atom. The van der Waals surface area contributed by atoms with E-state index in [1.807, 2.05) is 31.6 Å². The first-order chi connectivity index (χ1) is 9.17. The highest BCUT2D eigenvalue weighted by molar-refractivity contribution is 5.42. The third-order valence-corrected chi connectivity index (χ3v) is 3.47. The fourth-order valence-electron chi connectivity index (χ4n) is 2.36. The van der Waals surface area contributed by atoms with Crippen LogP contribution in [0, 0.1) is 13.8 Å². The van der Waals surface area contributed by atoms with Crippen LogP contribution < -0.4 is 10.1 Å². The molecule has 0 aliphatic rings. The van der Waals surface area contributed by atoms with E-state index in [1.54, 1.807) is 7.11 Å². The molecule has 0 radical (unpaired) electrons. The molecule has 19 heavy (non-hydrogen) atoms. The summed E-state index contributed by atoms with van der Waals surface area (Å²) < 4.78 is 5.26. The van der Waals surface area contributed by atoms with Crippen LogP contribution in [0.25, 0.3) is 0 Å². The van der Waals surface area contributed by atoms with Gasteiger partial charge in [-0.3, -0.25) is 4.98 Å². The smallest absolute Gasteiger partial charge is 0.119 e. The molecule has 0 spiro atoms. The summed E-state index contributed by atoms with van der Waals surface area (Å²) in [4.78, 5) is 4.24. The Bertz CT molecular complexity index is 566. The van der Waals surface area contributed by atoms with Gasteiger partial charge in [-0.15, -0.1) is 0 Å². The molecule has 0 bridgehead atoms. The molecule has 3 heteroatoms. The van der Waals surface area contributed by atoms with E-state index in [0.29, 0.717) is 0 Å². The molecule has 0 fully saturated rings. The zero-order chi connectivity index (χ0) is 13.8. The highest BCUT2D eigenvalue weighted by atomic mass is 16.5. The van der Waals surface area contributed by atoms with E-state index in [2.05, 4.69) is 36.3 Å². The summed E-state index contributed by atoms with van der Waals surface area (Å²) in [6.45, 7) is 4.22. The van der Waals surface area contributed by atoms with Crippen LogP contribution in [-0.4, -0.2) is 19.1 Å². The van der Waals surface area contributed by atoms with Gasteiger partial charge in [-0.2, -0.15) is 0 Å². The molecule has 1 aromatic heterocycles. The van der Waals surface area contributed by atoms with Crippen molar-refractivity contribution in [2.45, 2.75) is 19.9 Å². The fraction of sp³-hybridized carbons (Fsp3) is 0.312. The lowest BCUT2D eigenvalue weighted by molar-refractivity contribution is 0.414. The largest absolute Gasteiger partial charge is 0.497 e. The van der Waals surface area contributed by atoms with E-state index in [-0.39, 0.29) is 6.04 Å². The molecule has 0 saturated heterocycles. The third-order valence-electron chi connectivity index (χ3n) is 3.47. The molecule has 1 N–H and O–H groups in total. The highest BCUT2D eigenvalue weighted by Crippen LogP contribution is 2.28. The molecule has 0 amide bonds. The number of aromatic nitrogens is 1. The van der Waals surface area contributed by atoms with Crippen molar-refractivity contribution in [2.75, 3.05) is 14.2 Å². The first-order valence-electron chi connectivity index (χ1n) is 6.39. The first-order valence-corrected chi connectivity index (χ1v) is 6.39. The predicted octanol–water partition coefficient (Wildman–Crippen LogP) is 3.02. The second kappa shape index (κ2) is 5.85. The number of ether oxygens (including phenoxy) is 1. The number of hydrogen-bond acceptors (Lipinski definition) is 3. The summed E-state index contributed by atoms with van der Waals surface area (Å²) >= 11 is 0. The minimum Gasteiger partial charge on any atom is -0.497 e. The van der Waals surface area contributed by atoms with Crippen LogP contribution in [0.5, 0.6) is 5.75 Å². The Labute approximate surface area is 114 Å². The monoisotopic (exact) mass is 256 g/mol. The number of pyridine rings is 1. The van der Waals surface area contributed by atoms with Crippen molar-refractivity contribution in [1.82, 2.24) is 10.3 Å². The molecule has 1 unspecified atom stereocenters. The van der Waals surface area contributed by atoms with Gasteiger partial charge in [0, 0.05) is 12.4 Å². The van der Waals surface area contributed by atoms with Crippen molar-refractivity contribution >= 4 is 0 Å². The number of benzene rings is 1.